The summed E-state index contributed by atoms with van der Waals surface area (Å²) in [7, 11) is 0. The van der Waals surface area contributed by atoms with E-state index >= 15 is 0 Å². The summed E-state index contributed by atoms with van der Waals surface area (Å²) in [5, 5.41) is 30.5. The first-order valence-corrected chi connectivity index (χ1v) is 12.0. The first kappa shape index (κ1) is 30.6. The molecule has 0 bridgehead atoms. The molecule has 0 spiro atoms. The van der Waals surface area contributed by atoms with Crippen molar-refractivity contribution in [3.8, 4) is 0 Å². The average molecular weight is 580 g/mol. The molecule has 0 saturated heterocycles. The van der Waals surface area contributed by atoms with E-state index in [2.05, 4.69) is 25.8 Å². The van der Waals surface area contributed by atoms with Gasteiger partial charge < -0.3 is 20.8 Å². The second kappa shape index (κ2) is 11.3. The molecule has 3 aromatic heterocycles. The summed E-state index contributed by atoms with van der Waals surface area (Å²) in [4.78, 5) is 26.2. The number of carbonyl (C=O) groups is 2. The molecule has 11 nitrogen and oxygen atoms in total. The van der Waals surface area contributed by atoms with E-state index in [1.165, 1.54) is 10.7 Å². The van der Waals surface area contributed by atoms with E-state index in [0.29, 0.717) is 12.2 Å². The molecule has 3 heterocycles. The lowest BCUT2D eigenvalue weighted by atomic mass is 9.93. The third kappa shape index (κ3) is 7.40. The quantitative estimate of drug-likeness (QED) is 0.335. The number of carbonyl (C=O) groups excluding carboxylic acids is 1. The van der Waals surface area contributed by atoms with Gasteiger partial charge in [0.05, 0.1) is 29.6 Å². The number of hydrogen-bond acceptors (Lipinski definition) is 7. The van der Waals surface area contributed by atoms with Crippen LogP contribution < -0.4 is 10.6 Å². The van der Waals surface area contributed by atoms with Gasteiger partial charge in [-0.15, -0.1) is 0 Å². The van der Waals surface area contributed by atoms with Crippen LogP contribution in [0.15, 0.2) is 24.7 Å². The molecule has 1 saturated carbocycles. The van der Waals surface area contributed by atoms with E-state index in [1.54, 1.807) is 33.0 Å². The Morgan fingerprint density at radius 3 is 2.25 bits per heavy atom. The Hall–Kier alpha value is -3.89. The highest BCUT2D eigenvalue weighted by molar-refractivity contribution is 6.08. The van der Waals surface area contributed by atoms with Crippen LogP contribution in [0, 0.1) is 0 Å². The summed E-state index contributed by atoms with van der Waals surface area (Å²) in [6.07, 6.45) is -2.88. The number of nitrogens with zero attached hydrogens (tertiary/aromatic N) is 5. The highest BCUT2D eigenvalue weighted by Gasteiger charge is 2.39. The van der Waals surface area contributed by atoms with Gasteiger partial charge in [-0.05, 0) is 39.7 Å². The SMILES string of the molecule is CC(C)(C)n1cc(NC(=O)c2cnn3ccc(N[C@@H]4CCCC[C@@H]4O)nc23)c(C(F)(F)F)n1.O=C(O)C(F)(F)F. The Morgan fingerprint density at radius 1 is 1.07 bits per heavy atom. The number of aliphatic hydroxyl groups is 1. The molecule has 1 aliphatic rings. The number of halogens is 6. The number of carboxylic acids is 1. The number of rotatable bonds is 4. The van der Waals surface area contributed by atoms with Gasteiger partial charge in [-0.25, -0.2) is 14.3 Å². The third-order valence-electron chi connectivity index (χ3n) is 5.84. The smallest absolute Gasteiger partial charge is 0.475 e. The van der Waals surface area contributed by atoms with Crippen molar-refractivity contribution in [3.63, 3.8) is 0 Å². The Bertz CT molecular complexity index is 1360. The zero-order chi connectivity index (χ0) is 30.0. The first-order chi connectivity index (χ1) is 18.4. The lowest BCUT2D eigenvalue weighted by Gasteiger charge is -2.28. The molecule has 1 amide bonds. The van der Waals surface area contributed by atoms with Crippen molar-refractivity contribution in [1.29, 1.82) is 0 Å². The minimum Gasteiger partial charge on any atom is -0.475 e. The number of hydrogen-bond donors (Lipinski definition) is 4. The molecule has 3 aromatic rings. The number of nitrogens with one attached hydrogen (secondary N) is 2. The van der Waals surface area contributed by atoms with Gasteiger partial charge in [-0.2, -0.15) is 36.5 Å². The molecular weight excluding hydrogens is 552 g/mol. The molecule has 2 atom stereocenters. The fourth-order valence-corrected chi connectivity index (χ4v) is 3.79. The summed E-state index contributed by atoms with van der Waals surface area (Å²) in [6.45, 7) is 5.12. The zero-order valence-electron chi connectivity index (χ0n) is 21.5. The monoisotopic (exact) mass is 579 g/mol. The van der Waals surface area contributed by atoms with Gasteiger partial charge in [-0.3, -0.25) is 9.48 Å². The van der Waals surface area contributed by atoms with Crippen LogP contribution in [0.25, 0.3) is 5.65 Å². The predicted octanol–water partition coefficient (Wildman–Crippen LogP) is 4.30. The Kier molecular flexibility index (Phi) is 8.66. The molecule has 1 fully saturated rings. The maximum Gasteiger partial charge on any atom is 0.490 e. The van der Waals surface area contributed by atoms with E-state index in [9.17, 15) is 36.2 Å². The van der Waals surface area contributed by atoms with Crippen molar-refractivity contribution in [2.24, 2.45) is 0 Å². The summed E-state index contributed by atoms with van der Waals surface area (Å²) in [6, 6.07) is 1.50. The summed E-state index contributed by atoms with van der Waals surface area (Å²) < 4.78 is 74.8. The van der Waals surface area contributed by atoms with Gasteiger partial charge in [0.1, 0.15) is 11.4 Å². The number of aliphatic hydroxyl groups excluding tert-OH is 1. The predicted molar refractivity (Wildman–Crippen MR) is 129 cm³/mol. The van der Waals surface area contributed by atoms with Crippen molar-refractivity contribution in [2.75, 3.05) is 10.6 Å². The van der Waals surface area contributed by atoms with E-state index in [4.69, 9.17) is 9.90 Å². The van der Waals surface area contributed by atoms with Crippen LogP contribution in [-0.4, -0.2) is 64.8 Å². The number of alkyl halides is 6. The van der Waals surface area contributed by atoms with Crippen LogP contribution in [0.2, 0.25) is 0 Å². The van der Waals surface area contributed by atoms with Crippen molar-refractivity contribution in [2.45, 2.75) is 76.5 Å². The number of fused-ring (bicyclic) bond motifs is 1. The number of amides is 1. The maximum absolute atomic E-state index is 13.5. The molecule has 0 unspecified atom stereocenters. The Morgan fingerprint density at radius 2 is 1.70 bits per heavy atom. The lowest BCUT2D eigenvalue weighted by molar-refractivity contribution is -0.192. The molecule has 0 radical (unpaired) electrons. The molecule has 40 heavy (non-hydrogen) atoms. The minimum atomic E-state index is -5.08. The van der Waals surface area contributed by atoms with Gasteiger partial charge in [0.2, 0.25) is 0 Å². The Labute approximate surface area is 223 Å². The van der Waals surface area contributed by atoms with Gasteiger partial charge >= 0.3 is 18.3 Å². The molecule has 0 aliphatic heterocycles. The molecule has 4 rings (SSSR count). The lowest BCUT2D eigenvalue weighted by Crippen LogP contribution is -2.36. The number of aromatic nitrogens is 5. The topological polar surface area (TPSA) is 147 Å². The second-order valence-corrected chi connectivity index (χ2v) is 10.0. The molecule has 4 N–H and O–H groups in total. The number of anilines is 2. The second-order valence-electron chi connectivity index (χ2n) is 10.0. The largest absolute Gasteiger partial charge is 0.490 e. The number of aliphatic carboxylic acids is 1. The van der Waals surface area contributed by atoms with Gasteiger partial charge in [0.25, 0.3) is 5.91 Å². The molecule has 0 aromatic carbocycles. The van der Waals surface area contributed by atoms with Crippen molar-refractivity contribution in [1.82, 2.24) is 24.4 Å². The summed E-state index contributed by atoms with van der Waals surface area (Å²) in [5.74, 6) is -3.10. The first-order valence-electron chi connectivity index (χ1n) is 12.0. The van der Waals surface area contributed by atoms with Crippen LogP contribution in [0.1, 0.15) is 62.5 Å². The van der Waals surface area contributed by atoms with Crippen molar-refractivity contribution < 1.29 is 46.1 Å². The summed E-state index contributed by atoms with van der Waals surface area (Å²) >= 11 is 0. The maximum atomic E-state index is 13.5. The zero-order valence-corrected chi connectivity index (χ0v) is 21.5. The van der Waals surface area contributed by atoms with E-state index in [1.807, 2.05) is 0 Å². The van der Waals surface area contributed by atoms with Crippen LogP contribution >= 0.6 is 0 Å². The van der Waals surface area contributed by atoms with Gasteiger partial charge in [-0.1, -0.05) is 12.8 Å². The standard InChI is InChI=1S/C21H26F3N7O2.C2HF3O2/c1-20(2,3)31-11-14(17(29-31)21(22,23)24)27-19(33)12-10-25-30-9-8-16(28-18(12)30)26-13-6-4-5-7-15(13)32;3-2(4,5)1(6)7/h8-11,13,15,32H,4-7H2,1-3H3,(H,26,28)(H,27,33);(H,6,7)/t13-,15+;/m1./s1. The fourth-order valence-electron chi connectivity index (χ4n) is 3.79. The van der Waals surface area contributed by atoms with Crippen LogP contribution in [0.3, 0.4) is 0 Å². The minimum absolute atomic E-state index is 0.0134. The summed E-state index contributed by atoms with van der Waals surface area (Å²) in [5.41, 5.74) is -2.14. The molecule has 1 aliphatic carbocycles. The number of carboxylic acid groups (broad SMARTS) is 1. The van der Waals surface area contributed by atoms with Crippen LogP contribution in [0.4, 0.5) is 37.8 Å². The van der Waals surface area contributed by atoms with E-state index < -0.39 is 47.3 Å². The highest BCUT2D eigenvalue weighted by Crippen LogP contribution is 2.35. The van der Waals surface area contributed by atoms with E-state index in [-0.39, 0.29) is 17.3 Å². The highest BCUT2D eigenvalue weighted by atomic mass is 19.4. The molecule has 17 heteroatoms. The van der Waals surface area contributed by atoms with Crippen molar-refractivity contribution in [3.05, 3.63) is 35.9 Å². The van der Waals surface area contributed by atoms with Crippen LogP contribution in [-0.2, 0) is 16.5 Å². The normalized spacial score (nSPS) is 18.1. The average Bonchev–Trinajstić information content (AvgIpc) is 3.44. The molecule has 220 valence electrons. The van der Waals surface area contributed by atoms with Gasteiger partial charge in [0.15, 0.2) is 11.3 Å². The van der Waals surface area contributed by atoms with E-state index in [0.717, 1.165) is 30.1 Å². The third-order valence-corrected chi connectivity index (χ3v) is 5.84. The van der Waals surface area contributed by atoms with Crippen LogP contribution in [0.5, 0.6) is 0 Å². The fraction of sp³-hybridized carbons (Fsp3) is 0.522. The van der Waals surface area contributed by atoms with Gasteiger partial charge in [0, 0.05) is 12.4 Å². The Balaban J connectivity index is 0.000000559. The molecular formula is C23H27F6N7O4. The van der Waals surface area contributed by atoms with Crippen molar-refractivity contribution >= 4 is 29.0 Å².